The topological polar surface area (TPSA) is 76.1 Å². The second-order valence-electron chi connectivity index (χ2n) is 2.24. The lowest BCUT2D eigenvalue weighted by Crippen LogP contribution is -2.00. The minimum absolute atomic E-state index is 0.124. The molecular weight excluding hydrogens is 144 g/mol. The number of hydrogen-bond acceptors (Lipinski definition) is 4. The van der Waals surface area contributed by atoms with Crippen LogP contribution < -0.4 is 11.1 Å². The lowest BCUT2D eigenvalue weighted by Gasteiger charge is -1.99. The summed E-state index contributed by atoms with van der Waals surface area (Å²) in [6.45, 7) is -0.124. The first-order chi connectivity index (χ1) is 5.20. The molecule has 62 valence electrons. The molecule has 0 bridgehead atoms. The van der Waals surface area contributed by atoms with Gasteiger partial charge in [-0.1, -0.05) is 0 Å². The average molecular weight is 156 g/mol. The van der Waals surface area contributed by atoms with Crippen molar-refractivity contribution in [1.29, 1.82) is 0 Å². The largest absolute Gasteiger partial charge is 0.394 e. The van der Waals surface area contributed by atoms with E-state index in [1.165, 1.54) is 0 Å². The SMILES string of the molecule is CNc1c(N)c(CO)nn1C. The molecule has 4 N–H and O–H groups in total. The molecule has 5 nitrogen and oxygen atoms in total. The van der Waals surface area contributed by atoms with Gasteiger partial charge in [0, 0.05) is 14.1 Å². The van der Waals surface area contributed by atoms with Crippen molar-refractivity contribution < 1.29 is 5.11 Å². The Bertz CT molecular complexity index is 255. The van der Waals surface area contributed by atoms with Gasteiger partial charge in [-0.3, -0.25) is 4.68 Å². The molecule has 0 aliphatic carbocycles. The van der Waals surface area contributed by atoms with Crippen LogP contribution in [0.4, 0.5) is 11.5 Å². The van der Waals surface area contributed by atoms with Crippen LogP contribution >= 0.6 is 0 Å². The summed E-state index contributed by atoms with van der Waals surface area (Å²) in [5.74, 6) is 0.731. The Morgan fingerprint density at radius 1 is 1.73 bits per heavy atom. The average Bonchev–Trinajstić information content (AvgIpc) is 2.26. The third-order valence-corrected chi connectivity index (χ3v) is 1.55. The standard InChI is InChI=1S/C6H12N4O/c1-8-6-5(7)4(3-11)9-10(6)2/h8,11H,3,7H2,1-2H3. The third kappa shape index (κ3) is 1.14. The van der Waals surface area contributed by atoms with Gasteiger partial charge in [-0.15, -0.1) is 0 Å². The summed E-state index contributed by atoms with van der Waals surface area (Å²) in [4.78, 5) is 0. The predicted molar refractivity (Wildman–Crippen MR) is 43.1 cm³/mol. The molecule has 0 aliphatic rings. The minimum Gasteiger partial charge on any atom is -0.394 e. The lowest BCUT2D eigenvalue weighted by molar-refractivity contribution is 0.276. The summed E-state index contributed by atoms with van der Waals surface area (Å²) in [6.07, 6.45) is 0. The number of aryl methyl sites for hydroxylation is 1. The zero-order valence-electron chi connectivity index (χ0n) is 6.63. The van der Waals surface area contributed by atoms with Gasteiger partial charge in [-0.2, -0.15) is 5.10 Å². The van der Waals surface area contributed by atoms with Crippen molar-refractivity contribution in [3.63, 3.8) is 0 Å². The van der Waals surface area contributed by atoms with Crippen LogP contribution in [0, 0.1) is 0 Å². The third-order valence-electron chi connectivity index (χ3n) is 1.55. The molecule has 0 radical (unpaired) electrons. The second-order valence-corrected chi connectivity index (χ2v) is 2.24. The highest BCUT2D eigenvalue weighted by Gasteiger charge is 2.09. The van der Waals surface area contributed by atoms with Crippen LogP contribution in [-0.4, -0.2) is 21.9 Å². The molecular formula is C6H12N4O. The van der Waals surface area contributed by atoms with E-state index >= 15 is 0 Å². The van der Waals surface area contributed by atoms with Crippen molar-refractivity contribution in [2.24, 2.45) is 7.05 Å². The molecule has 1 heterocycles. The number of aromatic nitrogens is 2. The second kappa shape index (κ2) is 2.79. The summed E-state index contributed by atoms with van der Waals surface area (Å²) in [7, 11) is 3.52. The Kier molecular flexibility index (Phi) is 2.00. The van der Waals surface area contributed by atoms with Gasteiger partial charge < -0.3 is 16.2 Å². The van der Waals surface area contributed by atoms with Gasteiger partial charge in [-0.25, -0.2) is 0 Å². The first kappa shape index (κ1) is 7.87. The summed E-state index contributed by atoms with van der Waals surface area (Å²) in [5.41, 5.74) is 6.64. The molecule has 0 saturated carbocycles. The Hall–Kier alpha value is -1.23. The van der Waals surface area contributed by atoms with E-state index in [0.717, 1.165) is 5.82 Å². The van der Waals surface area contributed by atoms with Gasteiger partial charge in [0.1, 0.15) is 17.2 Å². The van der Waals surface area contributed by atoms with Gasteiger partial charge >= 0.3 is 0 Å². The molecule has 0 aromatic carbocycles. The van der Waals surface area contributed by atoms with E-state index in [1.807, 2.05) is 0 Å². The first-order valence-electron chi connectivity index (χ1n) is 3.30. The Morgan fingerprint density at radius 2 is 2.36 bits per heavy atom. The highest BCUT2D eigenvalue weighted by Crippen LogP contribution is 2.20. The Labute approximate surface area is 64.8 Å². The van der Waals surface area contributed by atoms with Gasteiger partial charge in [0.2, 0.25) is 0 Å². The molecule has 0 amide bonds. The molecule has 0 atom stereocenters. The van der Waals surface area contributed by atoms with E-state index in [9.17, 15) is 0 Å². The van der Waals surface area contributed by atoms with E-state index < -0.39 is 0 Å². The highest BCUT2D eigenvalue weighted by atomic mass is 16.3. The summed E-state index contributed by atoms with van der Waals surface area (Å²) in [5, 5.41) is 15.6. The molecule has 1 aromatic rings. The van der Waals surface area contributed by atoms with Crippen LogP contribution in [0.15, 0.2) is 0 Å². The van der Waals surface area contributed by atoms with Crippen LogP contribution in [0.2, 0.25) is 0 Å². The Morgan fingerprint density at radius 3 is 2.64 bits per heavy atom. The van der Waals surface area contributed by atoms with Crippen molar-refractivity contribution in [3.8, 4) is 0 Å². The van der Waals surface area contributed by atoms with Crippen LogP contribution in [-0.2, 0) is 13.7 Å². The van der Waals surface area contributed by atoms with Crippen LogP contribution in [0.25, 0.3) is 0 Å². The molecule has 0 fully saturated rings. The number of aliphatic hydroxyl groups is 1. The molecule has 0 aliphatic heterocycles. The number of nitrogen functional groups attached to an aromatic ring is 1. The van der Waals surface area contributed by atoms with E-state index in [0.29, 0.717) is 11.4 Å². The fourth-order valence-corrected chi connectivity index (χ4v) is 1.01. The van der Waals surface area contributed by atoms with E-state index in [-0.39, 0.29) is 6.61 Å². The van der Waals surface area contributed by atoms with Crippen molar-refractivity contribution in [2.45, 2.75) is 6.61 Å². The number of hydrogen-bond donors (Lipinski definition) is 3. The number of nitrogens with one attached hydrogen (secondary N) is 1. The molecule has 11 heavy (non-hydrogen) atoms. The van der Waals surface area contributed by atoms with E-state index in [1.54, 1.807) is 18.8 Å². The lowest BCUT2D eigenvalue weighted by atomic mass is 10.4. The number of nitrogens with zero attached hydrogens (tertiary/aromatic N) is 2. The molecule has 5 heteroatoms. The molecule has 1 rings (SSSR count). The predicted octanol–water partition coefficient (Wildman–Crippen LogP) is -0.464. The Balaban J connectivity index is 3.14. The quantitative estimate of drug-likeness (QED) is 0.541. The van der Waals surface area contributed by atoms with Crippen molar-refractivity contribution >= 4 is 11.5 Å². The maximum Gasteiger partial charge on any atom is 0.147 e. The molecule has 0 unspecified atom stereocenters. The smallest absolute Gasteiger partial charge is 0.147 e. The molecule has 0 saturated heterocycles. The van der Waals surface area contributed by atoms with Crippen LogP contribution in [0.1, 0.15) is 5.69 Å². The molecule has 0 spiro atoms. The molecule has 1 aromatic heterocycles. The summed E-state index contributed by atoms with van der Waals surface area (Å²) < 4.78 is 1.60. The van der Waals surface area contributed by atoms with E-state index in [2.05, 4.69) is 10.4 Å². The van der Waals surface area contributed by atoms with E-state index in [4.69, 9.17) is 10.8 Å². The van der Waals surface area contributed by atoms with Crippen LogP contribution in [0.3, 0.4) is 0 Å². The van der Waals surface area contributed by atoms with Gasteiger partial charge in [0.25, 0.3) is 0 Å². The van der Waals surface area contributed by atoms with Crippen molar-refractivity contribution in [3.05, 3.63) is 5.69 Å². The highest BCUT2D eigenvalue weighted by molar-refractivity contribution is 5.64. The maximum absolute atomic E-state index is 8.77. The van der Waals surface area contributed by atoms with Gasteiger partial charge in [-0.05, 0) is 0 Å². The fraction of sp³-hybridized carbons (Fsp3) is 0.500. The number of aliphatic hydroxyl groups excluding tert-OH is 1. The summed E-state index contributed by atoms with van der Waals surface area (Å²) >= 11 is 0. The minimum atomic E-state index is -0.124. The monoisotopic (exact) mass is 156 g/mol. The number of anilines is 2. The van der Waals surface area contributed by atoms with Crippen molar-refractivity contribution in [2.75, 3.05) is 18.1 Å². The zero-order valence-corrected chi connectivity index (χ0v) is 6.63. The van der Waals surface area contributed by atoms with Crippen LogP contribution in [0.5, 0.6) is 0 Å². The zero-order chi connectivity index (χ0) is 8.43. The maximum atomic E-state index is 8.77. The first-order valence-corrected chi connectivity index (χ1v) is 3.30. The number of rotatable bonds is 2. The number of nitrogens with two attached hydrogens (primary N) is 1. The van der Waals surface area contributed by atoms with Gasteiger partial charge in [0.15, 0.2) is 0 Å². The fourth-order valence-electron chi connectivity index (χ4n) is 1.01. The van der Waals surface area contributed by atoms with Gasteiger partial charge in [0.05, 0.1) is 6.61 Å². The van der Waals surface area contributed by atoms with Crippen molar-refractivity contribution in [1.82, 2.24) is 9.78 Å². The summed E-state index contributed by atoms with van der Waals surface area (Å²) in [6, 6.07) is 0. The normalized spacial score (nSPS) is 10.1.